The molecule has 0 saturated heterocycles. The van der Waals surface area contributed by atoms with Crippen LogP contribution in [0.25, 0.3) is 11.1 Å². The number of aryl methyl sites for hydroxylation is 1. The summed E-state index contributed by atoms with van der Waals surface area (Å²) in [5, 5.41) is 3.05. The van der Waals surface area contributed by atoms with E-state index in [0.717, 1.165) is 41.0 Å². The smallest absolute Gasteiger partial charge is 0.268 e. The van der Waals surface area contributed by atoms with E-state index in [2.05, 4.69) is 12.2 Å². The first kappa shape index (κ1) is 19.1. The molecule has 144 valence electrons. The molecule has 2 heterocycles. The third kappa shape index (κ3) is 4.54. The molecule has 0 aliphatic heterocycles. The zero-order valence-corrected chi connectivity index (χ0v) is 16.4. The lowest BCUT2D eigenvalue weighted by molar-refractivity contribution is 0.0944. The van der Waals surface area contributed by atoms with Gasteiger partial charge >= 0.3 is 0 Å². The SMILES string of the molecule is CCCCCCNC(=O)c1cc2oc(C)cc2n1Cc1cccc(OC)c1. The van der Waals surface area contributed by atoms with Gasteiger partial charge in [-0.1, -0.05) is 38.3 Å². The fourth-order valence-electron chi connectivity index (χ4n) is 3.32. The molecule has 5 heteroatoms. The number of nitrogens with one attached hydrogen (secondary N) is 1. The monoisotopic (exact) mass is 368 g/mol. The Bertz CT molecular complexity index is 908. The van der Waals surface area contributed by atoms with Crippen molar-refractivity contribution < 1.29 is 13.9 Å². The summed E-state index contributed by atoms with van der Waals surface area (Å²) in [6, 6.07) is 11.7. The number of nitrogens with zero attached hydrogens (tertiary/aromatic N) is 1. The maximum Gasteiger partial charge on any atom is 0.268 e. The van der Waals surface area contributed by atoms with Crippen LogP contribution in [0.5, 0.6) is 5.75 Å². The van der Waals surface area contributed by atoms with Crippen molar-refractivity contribution in [2.75, 3.05) is 13.7 Å². The molecule has 27 heavy (non-hydrogen) atoms. The topological polar surface area (TPSA) is 56.4 Å². The van der Waals surface area contributed by atoms with E-state index in [4.69, 9.17) is 9.15 Å². The molecule has 0 bridgehead atoms. The molecule has 5 nitrogen and oxygen atoms in total. The average molecular weight is 368 g/mol. The Kier molecular flexibility index (Phi) is 6.22. The molecule has 2 aromatic heterocycles. The molecule has 0 spiro atoms. The highest BCUT2D eigenvalue weighted by molar-refractivity contribution is 5.97. The Morgan fingerprint density at radius 1 is 1.19 bits per heavy atom. The Balaban J connectivity index is 1.83. The van der Waals surface area contributed by atoms with Crippen molar-refractivity contribution in [1.29, 1.82) is 0 Å². The number of carbonyl (C=O) groups is 1. The third-order valence-electron chi connectivity index (χ3n) is 4.74. The van der Waals surface area contributed by atoms with Gasteiger partial charge in [-0.15, -0.1) is 0 Å². The molecule has 1 aromatic carbocycles. The third-order valence-corrected chi connectivity index (χ3v) is 4.74. The van der Waals surface area contributed by atoms with Crippen molar-refractivity contribution in [1.82, 2.24) is 9.88 Å². The molecule has 0 atom stereocenters. The zero-order chi connectivity index (χ0) is 19.2. The molecule has 0 aliphatic rings. The van der Waals surface area contributed by atoms with Crippen molar-refractivity contribution in [3.8, 4) is 5.75 Å². The van der Waals surface area contributed by atoms with E-state index in [1.165, 1.54) is 12.8 Å². The van der Waals surface area contributed by atoms with Gasteiger partial charge in [0, 0.05) is 25.2 Å². The normalized spacial score (nSPS) is 11.1. The van der Waals surface area contributed by atoms with Gasteiger partial charge in [0.25, 0.3) is 5.91 Å². The summed E-state index contributed by atoms with van der Waals surface area (Å²) in [5.74, 6) is 1.59. The lowest BCUT2D eigenvalue weighted by atomic mass is 10.2. The fourth-order valence-corrected chi connectivity index (χ4v) is 3.32. The Morgan fingerprint density at radius 2 is 2.04 bits per heavy atom. The van der Waals surface area contributed by atoms with Crippen LogP contribution in [0.1, 0.15) is 54.4 Å². The van der Waals surface area contributed by atoms with Gasteiger partial charge in [-0.25, -0.2) is 0 Å². The summed E-state index contributed by atoms with van der Waals surface area (Å²) in [7, 11) is 1.66. The molecule has 0 fully saturated rings. The highest BCUT2D eigenvalue weighted by Gasteiger charge is 2.18. The van der Waals surface area contributed by atoms with Gasteiger partial charge in [0.2, 0.25) is 0 Å². The number of fused-ring (bicyclic) bond motifs is 1. The standard InChI is InChI=1S/C22H28N2O3/c1-4-5-6-7-11-23-22(25)20-14-21-19(12-16(2)27-21)24(20)15-17-9-8-10-18(13-17)26-3/h8-10,12-14H,4-7,11,15H2,1-3H3,(H,23,25). The van der Waals surface area contributed by atoms with Gasteiger partial charge in [0.15, 0.2) is 5.58 Å². The first-order valence-electron chi connectivity index (χ1n) is 9.63. The number of hydrogen-bond donors (Lipinski definition) is 1. The Morgan fingerprint density at radius 3 is 2.81 bits per heavy atom. The van der Waals surface area contributed by atoms with Crippen molar-refractivity contribution in [3.05, 3.63) is 53.4 Å². The molecule has 1 amide bonds. The van der Waals surface area contributed by atoms with Crippen LogP contribution in [0, 0.1) is 6.92 Å². The van der Waals surface area contributed by atoms with Crippen molar-refractivity contribution in [2.45, 2.75) is 46.1 Å². The molecule has 0 radical (unpaired) electrons. The van der Waals surface area contributed by atoms with Crippen LogP contribution in [0.2, 0.25) is 0 Å². The lowest BCUT2D eigenvalue weighted by Crippen LogP contribution is -2.27. The molecular formula is C22H28N2O3. The predicted molar refractivity (Wildman–Crippen MR) is 108 cm³/mol. The number of amides is 1. The lowest BCUT2D eigenvalue weighted by Gasteiger charge is -2.11. The number of hydrogen-bond acceptors (Lipinski definition) is 3. The van der Waals surface area contributed by atoms with E-state index < -0.39 is 0 Å². The molecule has 0 aliphatic carbocycles. The molecule has 3 aromatic rings. The van der Waals surface area contributed by atoms with Crippen LogP contribution in [-0.2, 0) is 6.54 Å². The van der Waals surface area contributed by atoms with Crippen LogP contribution < -0.4 is 10.1 Å². The van der Waals surface area contributed by atoms with E-state index in [1.807, 2.05) is 47.9 Å². The average Bonchev–Trinajstić information content (AvgIpc) is 3.18. The van der Waals surface area contributed by atoms with Gasteiger partial charge < -0.3 is 19.0 Å². The van der Waals surface area contributed by atoms with E-state index >= 15 is 0 Å². The van der Waals surface area contributed by atoms with Crippen molar-refractivity contribution in [2.24, 2.45) is 0 Å². The summed E-state index contributed by atoms with van der Waals surface area (Å²) in [6.45, 7) is 5.38. The van der Waals surface area contributed by atoms with Crippen molar-refractivity contribution in [3.63, 3.8) is 0 Å². The maximum atomic E-state index is 12.8. The molecule has 0 unspecified atom stereocenters. The minimum Gasteiger partial charge on any atom is -0.497 e. The minimum atomic E-state index is -0.0570. The van der Waals surface area contributed by atoms with Gasteiger partial charge in [0.1, 0.15) is 17.2 Å². The summed E-state index contributed by atoms with van der Waals surface area (Å²) < 4.78 is 13.1. The summed E-state index contributed by atoms with van der Waals surface area (Å²) in [6.07, 6.45) is 4.54. The fraction of sp³-hybridized carbons (Fsp3) is 0.409. The van der Waals surface area contributed by atoms with E-state index in [9.17, 15) is 4.79 Å². The number of ether oxygens (including phenoxy) is 1. The van der Waals surface area contributed by atoms with Crippen LogP contribution >= 0.6 is 0 Å². The number of furan rings is 1. The first-order valence-corrected chi connectivity index (χ1v) is 9.63. The van der Waals surface area contributed by atoms with Gasteiger partial charge in [-0.2, -0.15) is 0 Å². The largest absolute Gasteiger partial charge is 0.497 e. The highest BCUT2D eigenvalue weighted by Crippen LogP contribution is 2.25. The number of unbranched alkanes of at least 4 members (excludes halogenated alkanes) is 3. The van der Waals surface area contributed by atoms with E-state index in [-0.39, 0.29) is 5.91 Å². The highest BCUT2D eigenvalue weighted by atomic mass is 16.5. The molecule has 1 N–H and O–H groups in total. The Labute approximate surface area is 160 Å². The van der Waals surface area contributed by atoms with Gasteiger partial charge in [0.05, 0.1) is 12.6 Å². The van der Waals surface area contributed by atoms with Crippen LogP contribution in [0.3, 0.4) is 0 Å². The molecule has 0 saturated carbocycles. The van der Waals surface area contributed by atoms with Gasteiger partial charge in [-0.05, 0) is 31.0 Å². The predicted octanol–water partition coefficient (Wildman–Crippen LogP) is 4.91. The number of methoxy groups -OCH3 is 1. The number of rotatable bonds is 9. The second-order valence-electron chi connectivity index (χ2n) is 6.89. The quantitative estimate of drug-likeness (QED) is 0.546. The summed E-state index contributed by atoms with van der Waals surface area (Å²) >= 11 is 0. The van der Waals surface area contributed by atoms with Gasteiger partial charge in [-0.3, -0.25) is 4.79 Å². The maximum absolute atomic E-state index is 12.8. The Hall–Kier alpha value is -2.69. The van der Waals surface area contributed by atoms with Crippen molar-refractivity contribution >= 4 is 17.0 Å². The molecular weight excluding hydrogens is 340 g/mol. The number of aromatic nitrogens is 1. The second kappa shape index (κ2) is 8.80. The minimum absolute atomic E-state index is 0.0570. The summed E-state index contributed by atoms with van der Waals surface area (Å²) in [5.41, 5.74) is 3.38. The summed E-state index contributed by atoms with van der Waals surface area (Å²) in [4.78, 5) is 12.8. The molecule has 3 rings (SSSR count). The van der Waals surface area contributed by atoms with E-state index in [1.54, 1.807) is 7.11 Å². The zero-order valence-electron chi connectivity index (χ0n) is 16.4. The number of carbonyl (C=O) groups excluding carboxylic acids is 1. The van der Waals surface area contributed by atoms with E-state index in [0.29, 0.717) is 18.8 Å². The second-order valence-corrected chi connectivity index (χ2v) is 6.89. The van der Waals surface area contributed by atoms with Crippen LogP contribution in [0.15, 0.2) is 40.8 Å². The number of benzene rings is 1. The van der Waals surface area contributed by atoms with Crippen LogP contribution in [0.4, 0.5) is 0 Å². The first-order chi connectivity index (χ1) is 13.1. The van der Waals surface area contributed by atoms with Crippen LogP contribution in [-0.4, -0.2) is 24.1 Å².